The highest BCUT2D eigenvalue weighted by Crippen LogP contribution is 2.10. The van der Waals surface area contributed by atoms with E-state index in [-0.39, 0.29) is 0 Å². The van der Waals surface area contributed by atoms with Crippen LogP contribution in [-0.2, 0) is 4.79 Å². The largest absolute Gasteiger partial charge is 0.481 e. The van der Waals surface area contributed by atoms with Crippen molar-refractivity contribution in [2.45, 2.75) is 20.8 Å². The average molecular weight is 252 g/mol. The van der Waals surface area contributed by atoms with E-state index in [4.69, 9.17) is 5.11 Å². The Morgan fingerprint density at radius 2 is 1.78 bits per heavy atom. The highest BCUT2D eigenvalue weighted by molar-refractivity contribution is 5.70. The summed E-state index contributed by atoms with van der Waals surface area (Å²) in [6, 6.07) is 1.77. The summed E-state index contributed by atoms with van der Waals surface area (Å²) >= 11 is 0. The van der Waals surface area contributed by atoms with Crippen LogP contribution in [0.5, 0.6) is 0 Å². The highest BCUT2D eigenvalue weighted by atomic mass is 16.4. The van der Waals surface area contributed by atoms with E-state index in [1.54, 1.807) is 13.0 Å². The normalized spacial score (nSPS) is 12.2. The van der Waals surface area contributed by atoms with Crippen LogP contribution in [0, 0.1) is 11.8 Å². The Morgan fingerprint density at radius 3 is 2.28 bits per heavy atom. The second-order valence-corrected chi connectivity index (χ2v) is 4.68. The fraction of sp³-hybridized carbons (Fsp3) is 0.583. The van der Waals surface area contributed by atoms with Gasteiger partial charge in [-0.1, -0.05) is 20.8 Å². The molecule has 0 radical (unpaired) electrons. The molecule has 1 rings (SSSR count). The van der Waals surface area contributed by atoms with Crippen molar-refractivity contribution in [2.24, 2.45) is 11.8 Å². The molecule has 0 aliphatic rings. The Hall–Kier alpha value is -1.85. The first-order valence-corrected chi connectivity index (χ1v) is 6.01. The lowest BCUT2D eigenvalue weighted by Crippen LogP contribution is -2.20. The summed E-state index contributed by atoms with van der Waals surface area (Å²) in [7, 11) is 0. The van der Waals surface area contributed by atoms with Crippen LogP contribution in [0.15, 0.2) is 12.4 Å². The highest BCUT2D eigenvalue weighted by Gasteiger charge is 2.10. The predicted molar refractivity (Wildman–Crippen MR) is 70.6 cm³/mol. The number of aromatic nitrogens is 2. The third-order valence-electron chi connectivity index (χ3n) is 2.37. The summed E-state index contributed by atoms with van der Waals surface area (Å²) in [5, 5.41) is 14.9. The van der Waals surface area contributed by atoms with Gasteiger partial charge in [-0.15, -0.1) is 0 Å². The van der Waals surface area contributed by atoms with Crippen molar-refractivity contribution in [3.63, 3.8) is 0 Å². The molecule has 0 bridgehead atoms. The van der Waals surface area contributed by atoms with Gasteiger partial charge < -0.3 is 15.7 Å². The molecule has 3 N–H and O–H groups in total. The minimum absolute atomic E-state index is 0.343. The van der Waals surface area contributed by atoms with Gasteiger partial charge in [-0.05, 0) is 5.92 Å². The first kappa shape index (κ1) is 14.2. The van der Waals surface area contributed by atoms with Crippen molar-refractivity contribution in [1.29, 1.82) is 0 Å². The average Bonchev–Trinajstić information content (AvgIpc) is 2.33. The topological polar surface area (TPSA) is 87.1 Å². The summed E-state index contributed by atoms with van der Waals surface area (Å²) in [6.45, 7) is 7.05. The zero-order valence-electron chi connectivity index (χ0n) is 11.0. The van der Waals surface area contributed by atoms with E-state index in [0.29, 0.717) is 18.3 Å². The van der Waals surface area contributed by atoms with Gasteiger partial charge in [-0.2, -0.15) is 0 Å². The number of carbonyl (C=O) groups is 1. The van der Waals surface area contributed by atoms with Gasteiger partial charge in [0.15, 0.2) is 0 Å². The maximum atomic E-state index is 10.7. The third-order valence-corrected chi connectivity index (χ3v) is 2.37. The zero-order chi connectivity index (χ0) is 13.5. The van der Waals surface area contributed by atoms with Gasteiger partial charge >= 0.3 is 5.97 Å². The van der Waals surface area contributed by atoms with Crippen LogP contribution >= 0.6 is 0 Å². The van der Waals surface area contributed by atoms with Crippen molar-refractivity contribution < 1.29 is 9.90 Å². The van der Waals surface area contributed by atoms with Gasteiger partial charge in [-0.25, -0.2) is 9.97 Å². The van der Waals surface area contributed by atoms with Crippen molar-refractivity contribution >= 4 is 17.6 Å². The van der Waals surface area contributed by atoms with E-state index < -0.39 is 11.9 Å². The summed E-state index contributed by atoms with van der Waals surface area (Å²) < 4.78 is 0. The fourth-order valence-electron chi connectivity index (χ4n) is 1.20. The number of rotatable bonds is 7. The summed E-state index contributed by atoms with van der Waals surface area (Å²) in [4.78, 5) is 18.8. The number of aliphatic carboxylic acids is 1. The molecule has 0 fully saturated rings. The number of nitrogens with zero attached hydrogens (tertiary/aromatic N) is 2. The lowest BCUT2D eigenvalue weighted by molar-refractivity contribution is -0.140. The minimum atomic E-state index is -0.824. The molecular weight excluding hydrogens is 232 g/mol. The number of carboxylic acid groups (broad SMARTS) is 1. The van der Waals surface area contributed by atoms with E-state index in [1.165, 1.54) is 6.33 Å². The molecule has 1 aromatic rings. The molecule has 100 valence electrons. The summed E-state index contributed by atoms with van der Waals surface area (Å²) in [5.74, 6) is 0.624. The van der Waals surface area contributed by atoms with Gasteiger partial charge in [0.05, 0.1) is 5.92 Å². The predicted octanol–water partition coefficient (Wildman–Crippen LogP) is 1.68. The van der Waals surface area contributed by atoms with Crippen LogP contribution in [0.25, 0.3) is 0 Å². The molecule has 1 atom stereocenters. The van der Waals surface area contributed by atoms with E-state index in [2.05, 4.69) is 34.4 Å². The molecule has 1 aromatic heterocycles. The fourth-order valence-corrected chi connectivity index (χ4v) is 1.20. The molecule has 0 amide bonds. The maximum Gasteiger partial charge on any atom is 0.308 e. The van der Waals surface area contributed by atoms with Crippen LogP contribution in [0.2, 0.25) is 0 Å². The molecule has 0 aromatic carbocycles. The Balaban J connectivity index is 2.51. The van der Waals surface area contributed by atoms with E-state index >= 15 is 0 Å². The monoisotopic (exact) mass is 252 g/mol. The molecule has 0 saturated carbocycles. The van der Waals surface area contributed by atoms with Crippen LogP contribution in [0.1, 0.15) is 20.8 Å². The van der Waals surface area contributed by atoms with Gasteiger partial charge in [0.1, 0.15) is 18.0 Å². The van der Waals surface area contributed by atoms with Crippen LogP contribution < -0.4 is 10.6 Å². The molecule has 6 heteroatoms. The Bertz CT molecular complexity index is 395. The van der Waals surface area contributed by atoms with Crippen molar-refractivity contribution in [1.82, 2.24) is 9.97 Å². The Morgan fingerprint density at radius 1 is 1.22 bits per heavy atom. The molecule has 1 heterocycles. The van der Waals surface area contributed by atoms with Gasteiger partial charge in [0, 0.05) is 19.2 Å². The molecular formula is C12H20N4O2. The van der Waals surface area contributed by atoms with Crippen molar-refractivity contribution in [3.05, 3.63) is 12.4 Å². The first-order chi connectivity index (χ1) is 8.49. The Kier molecular flexibility index (Phi) is 5.35. The number of nitrogens with one attached hydrogen (secondary N) is 2. The molecule has 1 unspecified atom stereocenters. The molecule has 0 saturated heterocycles. The van der Waals surface area contributed by atoms with Crippen molar-refractivity contribution in [2.75, 3.05) is 23.7 Å². The number of anilines is 2. The van der Waals surface area contributed by atoms with Crippen LogP contribution in [0.4, 0.5) is 11.6 Å². The lowest BCUT2D eigenvalue weighted by atomic mass is 10.2. The van der Waals surface area contributed by atoms with Gasteiger partial charge in [-0.3, -0.25) is 4.79 Å². The smallest absolute Gasteiger partial charge is 0.308 e. The van der Waals surface area contributed by atoms with Gasteiger partial charge in [0.25, 0.3) is 0 Å². The number of hydrogen-bond acceptors (Lipinski definition) is 5. The molecule has 0 aliphatic heterocycles. The van der Waals surface area contributed by atoms with E-state index in [0.717, 1.165) is 12.4 Å². The number of hydrogen-bond donors (Lipinski definition) is 3. The number of carboxylic acids is 1. The first-order valence-electron chi connectivity index (χ1n) is 6.01. The third kappa shape index (κ3) is 4.99. The molecule has 18 heavy (non-hydrogen) atoms. The Labute approximate surface area is 107 Å². The quantitative estimate of drug-likeness (QED) is 0.684. The molecule has 0 spiro atoms. The zero-order valence-corrected chi connectivity index (χ0v) is 11.0. The maximum absolute atomic E-state index is 10.7. The second kappa shape index (κ2) is 6.78. The van der Waals surface area contributed by atoms with Crippen molar-refractivity contribution in [3.8, 4) is 0 Å². The van der Waals surface area contributed by atoms with Crippen LogP contribution in [-0.4, -0.2) is 34.1 Å². The molecule has 6 nitrogen and oxygen atoms in total. The van der Waals surface area contributed by atoms with Gasteiger partial charge in [0.2, 0.25) is 0 Å². The SMILES string of the molecule is CC(C)CNc1cc(NCC(C)C(=O)O)ncn1. The van der Waals surface area contributed by atoms with E-state index in [1.807, 2.05) is 0 Å². The summed E-state index contributed by atoms with van der Waals surface area (Å²) in [6.07, 6.45) is 1.45. The lowest BCUT2D eigenvalue weighted by Gasteiger charge is -2.11. The standard InChI is InChI=1S/C12H20N4O2/c1-8(2)5-13-10-4-11(16-7-15-10)14-6-9(3)12(17)18/h4,7-9H,5-6H2,1-3H3,(H,17,18)(H2,13,14,15,16). The second-order valence-electron chi connectivity index (χ2n) is 4.68. The molecule has 0 aliphatic carbocycles. The minimum Gasteiger partial charge on any atom is -0.481 e. The van der Waals surface area contributed by atoms with Crippen LogP contribution in [0.3, 0.4) is 0 Å². The summed E-state index contributed by atoms with van der Waals surface area (Å²) in [5.41, 5.74) is 0. The van der Waals surface area contributed by atoms with E-state index in [9.17, 15) is 4.79 Å².